The van der Waals surface area contributed by atoms with Crippen LogP contribution in [0.3, 0.4) is 0 Å². The first-order chi connectivity index (χ1) is 10.4. The Morgan fingerprint density at radius 3 is 2.73 bits per heavy atom. The van der Waals surface area contributed by atoms with Gasteiger partial charge in [0.1, 0.15) is 11.4 Å². The lowest BCUT2D eigenvalue weighted by molar-refractivity contribution is -0.201. The molecule has 22 heavy (non-hydrogen) atoms. The van der Waals surface area contributed by atoms with Gasteiger partial charge in [-0.05, 0) is 26.2 Å². The highest BCUT2D eigenvalue weighted by Gasteiger charge is 2.57. The number of hydrogen-bond acceptors (Lipinski definition) is 3. The predicted octanol–water partition coefficient (Wildman–Crippen LogP) is 2.03. The standard InChI is InChI=1S/C15H23F2N3O2/c1-12-18-9-11-20(12)10-5-8-19-13(21)15(16,17)14(22)6-3-2-4-7-14/h9,11,22H,2-8,10H2,1H3,(H,19,21). The highest BCUT2D eigenvalue weighted by Crippen LogP contribution is 2.40. The minimum absolute atomic E-state index is 0.0261. The van der Waals surface area contributed by atoms with Crippen molar-refractivity contribution in [2.75, 3.05) is 6.54 Å². The monoisotopic (exact) mass is 315 g/mol. The van der Waals surface area contributed by atoms with E-state index in [4.69, 9.17) is 0 Å². The number of aryl methyl sites for hydroxylation is 2. The molecule has 1 aliphatic carbocycles. The fraction of sp³-hybridized carbons (Fsp3) is 0.733. The van der Waals surface area contributed by atoms with Crippen LogP contribution in [0.25, 0.3) is 0 Å². The van der Waals surface area contributed by atoms with Crippen molar-refractivity contribution in [1.82, 2.24) is 14.9 Å². The highest BCUT2D eigenvalue weighted by atomic mass is 19.3. The molecule has 1 aromatic rings. The lowest BCUT2D eigenvalue weighted by atomic mass is 9.79. The molecule has 0 bridgehead atoms. The Morgan fingerprint density at radius 2 is 2.14 bits per heavy atom. The van der Waals surface area contributed by atoms with Gasteiger partial charge in [0.05, 0.1) is 0 Å². The van der Waals surface area contributed by atoms with E-state index in [-0.39, 0.29) is 19.4 Å². The molecule has 1 heterocycles. The van der Waals surface area contributed by atoms with Crippen molar-refractivity contribution in [3.05, 3.63) is 18.2 Å². The summed E-state index contributed by atoms with van der Waals surface area (Å²) in [6.45, 7) is 2.59. The fourth-order valence-corrected chi connectivity index (χ4v) is 2.86. The number of carbonyl (C=O) groups excluding carboxylic acids is 1. The molecule has 1 aromatic heterocycles. The second kappa shape index (κ2) is 6.73. The number of hydrogen-bond donors (Lipinski definition) is 2. The van der Waals surface area contributed by atoms with Crippen molar-refractivity contribution in [3.8, 4) is 0 Å². The van der Waals surface area contributed by atoms with E-state index in [0.29, 0.717) is 25.8 Å². The summed E-state index contributed by atoms with van der Waals surface area (Å²) >= 11 is 0. The normalized spacial score (nSPS) is 18.2. The van der Waals surface area contributed by atoms with E-state index < -0.39 is 17.4 Å². The summed E-state index contributed by atoms with van der Waals surface area (Å²) < 4.78 is 30.2. The molecular formula is C15H23F2N3O2. The number of alkyl halides is 2. The van der Waals surface area contributed by atoms with Crippen LogP contribution in [-0.2, 0) is 11.3 Å². The first kappa shape index (κ1) is 16.9. The maximum Gasteiger partial charge on any atom is 0.352 e. The predicted molar refractivity (Wildman–Crippen MR) is 77.6 cm³/mol. The van der Waals surface area contributed by atoms with Gasteiger partial charge in [0, 0.05) is 25.5 Å². The molecule has 1 fully saturated rings. The quantitative estimate of drug-likeness (QED) is 0.789. The van der Waals surface area contributed by atoms with Crippen molar-refractivity contribution in [2.24, 2.45) is 0 Å². The SMILES string of the molecule is Cc1nccn1CCCNC(=O)C(F)(F)C1(O)CCCCC1. The lowest BCUT2D eigenvalue weighted by Gasteiger charge is -2.37. The van der Waals surface area contributed by atoms with Gasteiger partial charge in [-0.2, -0.15) is 8.78 Å². The number of amides is 1. The maximum atomic E-state index is 14.2. The van der Waals surface area contributed by atoms with Crippen LogP contribution < -0.4 is 5.32 Å². The molecule has 2 rings (SSSR count). The van der Waals surface area contributed by atoms with Crippen molar-refractivity contribution < 1.29 is 18.7 Å². The second-order valence-electron chi connectivity index (χ2n) is 5.94. The van der Waals surface area contributed by atoms with Gasteiger partial charge >= 0.3 is 5.92 Å². The van der Waals surface area contributed by atoms with E-state index in [1.165, 1.54) is 0 Å². The van der Waals surface area contributed by atoms with Gasteiger partial charge in [-0.25, -0.2) is 4.98 Å². The molecule has 0 atom stereocenters. The van der Waals surface area contributed by atoms with Gasteiger partial charge in [-0.1, -0.05) is 19.3 Å². The van der Waals surface area contributed by atoms with Crippen LogP contribution in [-0.4, -0.2) is 38.6 Å². The van der Waals surface area contributed by atoms with Gasteiger partial charge in [0.15, 0.2) is 0 Å². The average Bonchev–Trinajstić information content (AvgIpc) is 2.89. The van der Waals surface area contributed by atoms with Crippen LogP contribution in [0.2, 0.25) is 0 Å². The van der Waals surface area contributed by atoms with Gasteiger partial charge in [-0.3, -0.25) is 4.79 Å². The van der Waals surface area contributed by atoms with Crippen molar-refractivity contribution >= 4 is 5.91 Å². The Morgan fingerprint density at radius 1 is 1.45 bits per heavy atom. The molecule has 0 aromatic carbocycles. The lowest BCUT2D eigenvalue weighted by Crippen LogP contribution is -2.58. The second-order valence-corrected chi connectivity index (χ2v) is 5.94. The molecule has 0 radical (unpaired) electrons. The van der Waals surface area contributed by atoms with E-state index in [1.807, 2.05) is 11.5 Å². The Kier molecular flexibility index (Phi) is 5.16. The zero-order chi connectivity index (χ0) is 16.2. The molecule has 0 saturated heterocycles. The smallest absolute Gasteiger partial charge is 0.352 e. The zero-order valence-electron chi connectivity index (χ0n) is 12.8. The number of imidazole rings is 1. The number of nitrogens with one attached hydrogen (secondary N) is 1. The highest BCUT2D eigenvalue weighted by molar-refractivity contribution is 5.84. The summed E-state index contributed by atoms with van der Waals surface area (Å²) in [4.78, 5) is 15.8. The summed E-state index contributed by atoms with van der Waals surface area (Å²) in [6.07, 6.45) is 5.82. The van der Waals surface area contributed by atoms with Gasteiger partial charge in [0.2, 0.25) is 0 Å². The molecule has 1 aliphatic rings. The fourth-order valence-electron chi connectivity index (χ4n) is 2.86. The van der Waals surface area contributed by atoms with Crippen LogP contribution in [0.4, 0.5) is 8.78 Å². The molecule has 124 valence electrons. The molecule has 1 saturated carbocycles. The third kappa shape index (κ3) is 3.45. The molecular weight excluding hydrogens is 292 g/mol. The first-order valence-corrected chi connectivity index (χ1v) is 7.73. The molecule has 1 amide bonds. The largest absolute Gasteiger partial charge is 0.383 e. The molecule has 0 unspecified atom stereocenters. The van der Waals surface area contributed by atoms with Crippen molar-refractivity contribution in [2.45, 2.75) is 63.5 Å². The van der Waals surface area contributed by atoms with E-state index in [9.17, 15) is 18.7 Å². The van der Waals surface area contributed by atoms with E-state index in [2.05, 4.69) is 10.3 Å². The topological polar surface area (TPSA) is 67.2 Å². The van der Waals surface area contributed by atoms with Gasteiger partial charge in [-0.15, -0.1) is 0 Å². The third-order valence-corrected chi connectivity index (χ3v) is 4.34. The van der Waals surface area contributed by atoms with Crippen LogP contribution in [0.15, 0.2) is 12.4 Å². The molecule has 0 aliphatic heterocycles. The average molecular weight is 315 g/mol. The number of nitrogens with zero attached hydrogens (tertiary/aromatic N) is 2. The Bertz CT molecular complexity index is 511. The summed E-state index contributed by atoms with van der Waals surface area (Å²) in [5, 5.41) is 12.3. The summed E-state index contributed by atoms with van der Waals surface area (Å²) in [5.41, 5.74) is -2.20. The molecule has 5 nitrogen and oxygen atoms in total. The Hall–Kier alpha value is -1.50. The number of halogens is 2. The van der Waals surface area contributed by atoms with Gasteiger partial charge < -0.3 is 15.0 Å². The Labute approximate surface area is 128 Å². The molecule has 0 spiro atoms. The summed E-state index contributed by atoms with van der Waals surface area (Å²) in [5.74, 6) is -4.27. The molecule has 2 N–H and O–H groups in total. The minimum atomic E-state index is -3.74. The van der Waals surface area contributed by atoms with Crippen LogP contribution in [0, 0.1) is 6.92 Å². The Balaban J connectivity index is 1.81. The van der Waals surface area contributed by atoms with E-state index in [1.54, 1.807) is 12.4 Å². The number of aliphatic hydroxyl groups is 1. The van der Waals surface area contributed by atoms with E-state index >= 15 is 0 Å². The number of aromatic nitrogens is 2. The maximum absolute atomic E-state index is 14.2. The molecule has 7 heteroatoms. The van der Waals surface area contributed by atoms with Crippen LogP contribution >= 0.6 is 0 Å². The van der Waals surface area contributed by atoms with Crippen LogP contribution in [0.1, 0.15) is 44.3 Å². The number of rotatable bonds is 6. The van der Waals surface area contributed by atoms with Gasteiger partial charge in [0.25, 0.3) is 5.91 Å². The van der Waals surface area contributed by atoms with Crippen LogP contribution in [0.5, 0.6) is 0 Å². The van der Waals surface area contributed by atoms with Crippen molar-refractivity contribution in [3.63, 3.8) is 0 Å². The zero-order valence-corrected chi connectivity index (χ0v) is 12.8. The minimum Gasteiger partial charge on any atom is -0.383 e. The first-order valence-electron chi connectivity index (χ1n) is 7.73. The number of carbonyl (C=O) groups is 1. The summed E-state index contributed by atoms with van der Waals surface area (Å²) in [6, 6.07) is 0. The van der Waals surface area contributed by atoms with Crippen molar-refractivity contribution in [1.29, 1.82) is 0 Å². The third-order valence-electron chi connectivity index (χ3n) is 4.34. The van der Waals surface area contributed by atoms with E-state index in [0.717, 1.165) is 12.2 Å². The summed E-state index contributed by atoms with van der Waals surface area (Å²) in [7, 11) is 0.